The van der Waals surface area contributed by atoms with E-state index in [0.29, 0.717) is 12.0 Å². The van der Waals surface area contributed by atoms with Crippen molar-refractivity contribution in [1.29, 1.82) is 0 Å². The molecule has 0 saturated heterocycles. The van der Waals surface area contributed by atoms with Crippen molar-refractivity contribution in [3.8, 4) is 0 Å². The van der Waals surface area contributed by atoms with Gasteiger partial charge in [-0.25, -0.2) is 4.98 Å². The fourth-order valence-corrected chi connectivity index (χ4v) is 2.64. The maximum Gasteiger partial charge on any atom is 0.109 e. The molecule has 0 fully saturated rings. The summed E-state index contributed by atoms with van der Waals surface area (Å²) >= 11 is 0. The Morgan fingerprint density at radius 2 is 2.00 bits per heavy atom. The molecule has 0 saturated carbocycles. The number of benzene rings is 1. The second-order valence-corrected chi connectivity index (χ2v) is 5.26. The van der Waals surface area contributed by atoms with E-state index in [4.69, 9.17) is 4.98 Å². The summed E-state index contributed by atoms with van der Waals surface area (Å²) < 4.78 is 2.38. The molecule has 1 N–H and O–H groups in total. The first-order chi connectivity index (χ1) is 9.21. The van der Waals surface area contributed by atoms with Gasteiger partial charge in [0.2, 0.25) is 0 Å². The van der Waals surface area contributed by atoms with Crippen molar-refractivity contribution in [1.82, 2.24) is 14.9 Å². The lowest BCUT2D eigenvalue weighted by atomic mass is 9.99. The van der Waals surface area contributed by atoms with Gasteiger partial charge in [0.05, 0.1) is 11.0 Å². The van der Waals surface area contributed by atoms with Gasteiger partial charge in [0.25, 0.3) is 0 Å². The molecular formula is C16H25N3. The Labute approximate surface area is 116 Å². The Morgan fingerprint density at radius 1 is 1.26 bits per heavy atom. The summed E-state index contributed by atoms with van der Waals surface area (Å²) in [6, 6.07) is 8.92. The van der Waals surface area contributed by atoms with Crippen LogP contribution in [0.4, 0.5) is 0 Å². The highest BCUT2D eigenvalue weighted by Crippen LogP contribution is 2.19. The Kier molecular flexibility index (Phi) is 4.59. The van der Waals surface area contributed by atoms with Crippen LogP contribution in [-0.2, 0) is 13.0 Å². The van der Waals surface area contributed by atoms with Gasteiger partial charge in [-0.1, -0.05) is 39.3 Å². The molecule has 2 aromatic rings. The molecule has 2 atom stereocenters. The molecule has 1 aromatic heterocycles. The molecule has 3 heteroatoms. The molecule has 1 heterocycles. The van der Waals surface area contributed by atoms with Crippen molar-refractivity contribution in [3.05, 3.63) is 30.1 Å². The van der Waals surface area contributed by atoms with E-state index < -0.39 is 0 Å². The summed E-state index contributed by atoms with van der Waals surface area (Å²) in [4.78, 5) is 4.74. The molecule has 19 heavy (non-hydrogen) atoms. The molecule has 1 aromatic carbocycles. The summed E-state index contributed by atoms with van der Waals surface area (Å²) in [5.41, 5.74) is 2.36. The molecule has 3 nitrogen and oxygen atoms in total. The number of hydrogen-bond acceptors (Lipinski definition) is 2. The third-order valence-electron chi connectivity index (χ3n) is 4.13. The van der Waals surface area contributed by atoms with Crippen LogP contribution in [-0.4, -0.2) is 22.6 Å². The van der Waals surface area contributed by atoms with Crippen molar-refractivity contribution >= 4 is 11.0 Å². The van der Waals surface area contributed by atoms with Crippen molar-refractivity contribution < 1.29 is 0 Å². The van der Waals surface area contributed by atoms with Crippen molar-refractivity contribution in [2.45, 2.75) is 46.2 Å². The fraction of sp³-hybridized carbons (Fsp3) is 0.562. The van der Waals surface area contributed by atoms with Crippen LogP contribution in [0, 0.1) is 5.92 Å². The van der Waals surface area contributed by atoms with E-state index in [1.807, 2.05) is 0 Å². The van der Waals surface area contributed by atoms with Gasteiger partial charge in [0, 0.05) is 19.0 Å². The zero-order valence-electron chi connectivity index (χ0n) is 12.5. The van der Waals surface area contributed by atoms with Crippen LogP contribution < -0.4 is 5.32 Å². The second kappa shape index (κ2) is 6.20. The standard InChI is InChI=1S/C16H25N3/c1-5-12(3)14(17-4)11-19-15-10-8-7-9-13(15)18-16(19)6-2/h7-10,12,14,17H,5-6,11H2,1-4H3. The van der Waals surface area contributed by atoms with E-state index in [0.717, 1.165) is 18.5 Å². The minimum Gasteiger partial charge on any atom is -0.326 e. The lowest BCUT2D eigenvalue weighted by Gasteiger charge is -2.24. The van der Waals surface area contributed by atoms with Gasteiger partial charge in [-0.05, 0) is 25.1 Å². The highest BCUT2D eigenvalue weighted by molar-refractivity contribution is 5.75. The topological polar surface area (TPSA) is 29.9 Å². The normalized spacial score (nSPS) is 14.7. The average Bonchev–Trinajstić information content (AvgIpc) is 2.81. The number of rotatable bonds is 6. The lowest BCUT2D eigenvalue weighted by Crippen LogP contribution is -2.36. The predicted molar refractivity (Wildman–Crippen MR) is 81.4 cm³/mol. The van der Waals surface area contributed by atoms with E-state index >= 15 is 0 Å². The van der Waals surface area contributed by atoms with Crippen molar-refractivity contribution in [2.75, 3.05) is 7.05 Å². The van der Waals surface area contributed by atoms with Crippen molar-refractivity contribution in [3.63, 3.8) is 0 Å². The van der Waals surface area contributed by atoms with Gasteiger partial charge in [-0.2, -0.15) is 0 Å². The molecule has 0 radical (unpaired) electrons. The van der Waals surface area contributed by atoms with Crippen LogP contribution in [0.5, 0.6) is 0 Å². The number of aryl methyl sites for hydroxylation is 1. The highest BCUT2D eigenvalue weighted by Gasteiger charge is 2.17. The number of fused-ring (bicyclic) bond motifs is 1. The van der Waals surface area contributed by atoms with Gasteiger partial charge < -0.3 is 9.88 Å². The van der Waals surface area contributed by atoms with Crippen molar-refractivity contribution in [2.24, 2.45) is 5.92 Å². The number of para-hydroxylation sites is 2. The lowest BCUT2D eigenvalue weighted by molar-refractivity contribution is 0.348. The highest BCUT2D eigenvalue weighted by atomic mass is 15.1. The molecule has 0 aliphatic heterocycles. The van der Waals surface area contributed by atoms with Crippen LogP contribution in [0.1, 0.15) is 33.0 Å². The number of imidazole rings is 1. The molecule has 104 valence electrons. The maximum atomic E-state index is 4.74. The van der Waals surface area contributed by atoms with Crippen LogP contribution >= 0.6 is 0 Å². The molecule has 0 bridgehead atoms. The quantitative estimate of drug-likeness (QED) is 0.863. The summed E-state index contributed by atoms with van der Waals surface area (Å²) in [6.45, 7) is 7.73. The fourth-order valence-electron chi connectivity index (χ4n) is 2.64. The summed E-state index contributed by atoms with van der Waals surface area (Å²) in [6.07, 6.45) is 2.17. The zero-order valence-corrected chi connectivity index (χ0v) is 12.5. The zero-order chi connectivity index (χ0) is 13.8. The first-order valence-electron chi connectivity index (χ1n) is 7.32. The van der Waals surface area contributed by atoms with Crippen LogP contribution in [0.25, 0.3) is 11.0 Å². The first-order valence-corrected chi connectivity index (χ1v) is 7.32. The number of hydrogen-bond donors (Lipinski definition) is 1. The third kappa shape index (κ3) is 2.81. The van der Waals surface area contributed by atoms with E-state index in [9.17, 15) is 0 Å². The van der Waals surface area contributed by atoms with Crippen LogP contribution in [0.15, 0.2) is 24.3 Å². The molecular weight excluding hydrogens is 234 g/mol. The van der Waals surface area contributed by atoms with Crippen LogP contribution in [0.2, 0.25) is 0 Å². The Hall–Kier alpha value is -1.35. The predicted octanol–water partition coefficient (Wildman–Crippen LogP) is 3.23. The van der Waals surface area contributed by atoms with E-state index in [1.165, 1.54) is 17.8 Å². The first kappa shape index (κ1) is 14.1. The molecule has 0 aliphatic rings. The summed E-state index contributed by atoms with van der Waals surface area (Å²) in [7, 11) is 2.06. The van der Waals surface area contributed by atoms with E-state index in [1.54, 1.807) is 0 Å². The third-order valence-corrected chi connectivity index (χ3v) is 4.13. The number of nitrogens with one attached hydrogen (secondary N) is 1. The summed E-state index contributed by atoms with van der Waals surface area (Å²) in [5.74, 6) is 1.85. The minimum absolute atomic E-state index is 0.493. The van der Waals surface area contributed by atoms with Crippen LogP contribution in [0.3, 0.4) is 0 Å². The minimum atomic E-state index is 0.493. The monoisotopic (exact) mass is 259 g/mol. The Bertz CT molecular complexity index is 530. The number of aromatic nitrogens is 2. The van der Waals surface area contributed by atoms with Gasteiger partial charge >= 0.3 is 0 Å². The molecule has 2 unspecified atom stereocenters. The summed E-state index contributed by atoms with van der Waals surface area (Å²) in [5, 5.41) is 3.46. The largest absolute Gasteiger partial charge is 0.326 e. The average molecular weight is 259 g/mol. The van der Waals surface area contributed by atoms with Gasteiger partial charge in [-0.15, -0.1) is 0 Å². The van der Waals surface area contributed by atoms with Gasteiger partial charge in [0.1, 0.15) is 5.82 Å². The Balaban J connectivity index is 2.37. The molecule has 0 spiro atoms. The van der Waals surface area contributed by atoms with Gasteiger partial charge in [0.15, 0.2) is 0 Å². The van der Waals surface area contributed by atoms with Gasteiger partial charge in [-0.3, -0.25) is 0 Å². The molecule has 2 rings (SSSR count). The number of nitrogens with zero attached hydrogens (tertiary/aromatic N) is 2. The van der Waals surface area contributed by atoms with E-state index in [-0.39, 0.29) is 0 Å². The SMILES string of the molecule is CCc1nc2ccccc2n1CC(NC)C(C)CC. The van der Waals surface area contributed by atoms with E-state index in [2.05, 4.69) is 62.0 Å². The molecule has 0 amide bonds. The molecule has 0 aliphatic carbocycles. The second-order valence-electron chi connectivity index (χ2n) is 5.26. The maximum absolute atomic E-state index is 4.74. The Morgan fingerprint density at radius 3 is 2.63 bits per heavy atom. The number of likely N-dealkylation sites (N-methyl/N-ethyl adjacent to an activating group) is 1. The smallest absolute Gasteiger partial charge is 0.109 e.